The Labute approximate surface area is 166 Å². The molecule has 29 heavy (non-hydrogen) atoms. The molecule has 9 N–H and O–H groups in total. The van der Waals surface area contributed by atoms with Gasteiger partial charge in [-0.25, -0.2) is 0 Å². The minimum atomic E-state index is -1.78. The van der Waals surface area contributed by atoms with E-state index in [1.54, 1.807) is 0 Å². The van der Waals surface area contributed by atoms with Crippen molar-refractivity contribution in [2.75, 3.05) is 19.8 Å². The fraction of sp³-hybridized carbons (Fsp3) is 0.938. The number of carbonyl (C=O) groups excluding carboxylic acids is 1. The quantitative estimate of drug-likeness (QED) is 0.170. The summed E-state index contributed by atoms with van der Waals surface area (Å²) in [6.07, 6.45) is -15.6. The van der Waals surface area contributed by atoms with E-state index in [1.165, 1.54) is 0 Å². The van der Waals surface area contributed by atoms with Gasteiger partial charge in [0.2, 0.25) is 0 Å². The van der Waals surface area contributed by atoms with Gasteiger partial charge in [0.15, 0.2) is 12.6 Å². The molecule has 0 amide bonds. The highest BCUT2D eigenvalue weighted by molar-refractivity contribution is 5.69. The van der Waals surface area contributed by atoms with Gasteiger partial charge in [0, 0.05) is 6.42 Å². The van der Waals surface area contributed by atoms with Crippen LogP contribution in [0.5, 0.6) is 0 Å². The average molecular weight is 427 g/mol. The smallest absolute Gasteiger partial charge is 0.305 e. The first-order chi connectivity index (χ1) is 13.7. The monoisotopic (exact) mass is 427 g/mol. The van der Waals surface area contributed by atoms with Gasteiger partial charge in [-0.1, -0.05) is 0 Å². The lowest BCUT2D eigenvalue weighted by atomic mass is 9.98. The SMILES string of the molecule is NCCCC(=O)OC[C@H]1O[C@H](O[C@H]2O[C@H](CO)[C@@H](O)[C@H](O)[C@H]2O)[C@H](O)[C@@H](O)[C@@H]1O. The van der Waals surface area contributed by atoms with Gasteiger partial charge in [-0.3, -0.25) is 4.79 Å². The maximum Gasteiger partial charge on any atom is 0.305 e. The van der Waals surface area contributed by atoms with Crippen LogP contribution in [0.4, 0.5) is 0 Å². The predicted octanol–water partition coefficient (Wildman–Crippen LogP) is -5.11. The van der Waals surface area contributed by atoms with E-state index < -0.39 is 80.6 Å². The summed E-state index contributed by atoms with van der Waals surface area (Å²) < 4.78 is 20.7. The van der Waals surface area contributed by atoms with Crippen molar-refractivity contribution in [2.24, 2.45) is 5.73 Å². The highest BCUT2D eigenvalue weighted by Gasteiger charge is 2.49. The molecular formula is C16H29NO12. The van der Waals surface area contributed by atoms with Gasteiger partial charge in [0.1, 0.15) is 55.4 Å². The van der Waals surface area contributed by atoms with Gasteiger partial charge in [-0.2, -0.15) is 0 Å². The van der Waals surface area contributed by atoms with Crippen LogP contribution in [-0.2, 0) is 23.7 Å². The Morgan fingerprint density at radius 2 is 1.34 bits per heavy atom. The summed E-state index contributed by atoms with van der Waals surface area (Å²) in [6, 6.07) is 0. The number of aliphatic hydroxyl groups excluding tert-OH is 7. The molecule has 0 radical (unpaired) electrons. The van der Waals surface area contributed by atoms with E-state index in [4.69, 9.17) is 24.7 Å². The Bertz CT molecular complexity index is 522. The average Bonchev–Trinajstić information content (AvgIpc) is 2.71. The van der Waals surface area contributed by atoms with Gasteiger partial charge in [-0.15, -0.1) is 0 Å². The topological polar surface area (TPSA) is 222 Å². The van der Waals surface area contributed by atoms with E-state index in [-0.39, 0.29) is 13.0 Å². The Morgan fingerprint density at radius 3 is 1.86 bits per heavy atom. The van der Waals surface area contributed by atoms with Crippen molar-refractivity contribution in [2.45, 2.75) is 74.3 Å². The highest BCUT2D eigenvalue weighted by Crippen LogP contribution is 2.28. The maximum atomic E-state index is 11.6. The van der Waals surface area contributed by atoms with Gasteiger partial charge in [-0.05, 0) is 13.0 Å². The van der Waals surface area contributed by atoms with Gasteiger partial charge in [0.05, 0.1) is 6.61 Å². The van der Waals surface area contributed by atoms with E-state index in [9.17, 15) is 40.5 Å². The molecule has 2 aliphatic rings. The molecule has 0 aromatic rings. The summed E-state index contributed by atoms with van der Waals surface area (Å²) in [5.74, 6) is -0.599. The minimum absolute atomic E-state index is 0.0509. The lowest BCUT2D eigenvalue weighted by Gasteiger charge is -2.44. The molecule has 13 heteroatoms. The molecule has 0 saturated carbocycles. The molecule has 0 spiro atoms. The largest absolute Gasteiger partial charge is 0.463 e. The first kappa shape index (κ1) is 24.3. The van der Waals surface area contributed by atoms with Crippen molar-refractivity contribution in [1.29, 1.82) is 0 Å². The van der Waals surface area contributed by atoms with E-state index >= 15 is 0 Å². The van der Waals surface area contributed by atoms with Crippen molar-refractivity contribution in [3.63, 3.8) is 0 Å². The molecule has 2 saturated heterocycles. The number of carbonyl (C=O) groups is 1. The number of hydrogen-bond donors (Lipinski definition) is 8. The van der Waals surface area contributed by atoms with Crippen LogP contribution >= 0.6 is 0 Å². The summed E-state index contributed by atoms with van der Waals surface area (Å²) in [5, 5.41) is 69.0. The fourth-order valence-electron chi connectivity index (χ4n) is 2.97. The number of esters is 1. The summed E-state index contributed by atoms with van der Waals surface area (Å²) in [7, 11) is 0. The Morgan fingerprint density at radius 1 is 0.828 bits per heavy atom. The van der Waals surface area contributed by atoms with Crippen LogP contribution in [-0.4, -0.2) is 123 Å². The first-order valence-electron chi connectivity index (χ1n) is 9.22. The van der Waals surface area contributed by atoms with E-state index in [0.717, 1.165) is 0 Å². The summed E-state index contributed by atoms with van der Waals surface area (Å²) in [6.45, 7) is -0.859. The number of rotatable bonds is 8. The van der Waals surface area contributed by atoms with Gasteiger partial charge >= 0.3 is 5.97 Å². The van der Waals surface area contributed by atoms with Crippen LogP contribution < -0.4 is 5.73 Å². The number of nitrogens with two attached hydrogens (primary N) is 1. The second-order valence-corrected chi connectivity index (χ2v) is 6.92. The zero-order valence-electron chi connectivity index (χ0n) is 15.6. The summed E-state index contributed by atoms with van der Waals surface area (Å²) in [5.41, 5.74) is 5.30. The minimum Gasteiger partial charge on any atom is -0.463 e. The van der Waals surface area contributed by atoms with Gasteiger partial charge in [0.25, 0.3) is 0 Å². The molecule has 0 aromatic heterocycles. The van der Waals surface area contributed by atoms with Crippen LogP contribution in [0, 0.1) is 0 Å². The molecule has 0 aromatic carbocycles. The third kappa shape index (κ3) is 5.80. The molecule has 170 valence electrons. The Hall–Kier alpha value is -0.970. The van der Waals surface area contributed by atoms with E-state index in [0.29, 0.717) is 6.42 Å². The van der Waals surface area contributed by atoms with Crippen LogP contribution in [0.25, 0.3) is 0 Å². The van der Waals surface area contributed by atoms with Crippen LogP contribution in [0.1, 0.15) is 12.8 Å². The number of aliphatic hydroxyl groups is 7. The highest BCUT2D eigenvalue weighted by atomic mass is 16.8. The first-order valence-corrected chi connectivity index (χ1v) is 9.22. The van der Waals surface area contributed by atoms with Crippen LogP contribution in [0.3, 0.4) is 0 Å². The molecule has 2 heterocycles. The molecular weight excluding hydrogens is 398 g/mol. The van der Waals surface area contributed by atoms with Crippen molar-refractivity contribution in [3.8, 4) is 0 Å². The van der Waals surface area contributed by atoms with Crippen LogP contribution in [0.15, 0.2) is 0 Å². The van der Waals surface area contributed by atoms with E-state index in [1.807, 2.05) is 0 Å². The second kappa shape index (κ2) is 10.9. The van der Waals surface area contributed by atoms with Crippen molar-refractivity contribution >= 4 is 5.97 Å². The van der Waals surface area contributed by atoms with E-state index in [2.05, 4.69) is 0 Å². The van der Waals surface area contributed by atoms with Crippen molar-refractivity contribution < 1.29 is 59.5 Å². The van der Waals surface area contributed by atoms with Crippen molar-refractivity contribution in [3.05, 3.63) is 0 Å². The Balaban J connectivity index is 2.00. The summed E-state index contributed by atoms with van der Waals surface area (Å²) >= 11 is 0. The third-order valence-electron chi connectivity index (χ3n) is 4.78. The molecule has 0 unspecified atom stereocenters. The molecule has 2 rings (SSSR count). The zero-order valence-corrected chi connectivity index (χ0v) is 15.6. The lowest BCUT2D eigenvalue weighted by Crippen LogP contribution is -2.63. The molecule has 2 fully saturated rings. The molecule has 2 aliphatic heterocycles. The Kier molecular flexibility index (Phi) is 9.12. The fourth-order valence-corrected chi connectivity index (χ4v) is 2.97. The number of hydrogen-bond acceptors (Lipinski definition) is 13. The second-order valence-electron chi connectivity index (χ2n) is 6.92. The standard InChI is InChI=1S/C16H29NO12/c17-3-1-2-8(19)26-5-7-10(21)12(23)14(25)16(28-7)29-15-13(24)11(22)9(20)6(4-18)27-15/h6-7,9-16,18,20-25H,1-5,17H2/t6-,7-,9-,10-,11+,12+,13-,14-,15-,16-/m1/s1. The van der Waals surface area contributed by atoms with Gasteiger partial charge < -0.3 is 60.4 Å². The molecule has 10 atom stereocenters. The summed E-state index contributed by atoms with van der Waals surface area (Å²) in [4.78, 5) is 11.6. The zero-order chi connectivity index (χ0) is 21.7. The van der Waals surface area contributed by atoms with Crippen LogP contribution in [0.2, 0.25) is 0 Å². The molecule has 13 nitrogen and oxygen atoms in total. The predicted molar refractivity (Wildman–Crippen MR) is 90.8 cm³/mol. The number of ether oxygens (including phenoxy) is 4. The molecule has 0 bridgehead atoms. The lowest BCUT2D eigenvalue weighted by molar-refractivity contribution is -0.376. The van der Waals surface area contributed by atoms with Crippen molar-refractivity contribution in [1.82, 2.24) is 0 Å². The molecule has 0 aliphatic carbocycles. The third-order valence-corrected chi connectivity index (χ3v) is 4.78. The maximum absolute atomic E-state index is 11.6. The normalized spacial score (nSPS) is 43.2.